The zero-order valence-electron chi connectivity index (χ0n) is 14.1. The topological polar surface area (TPSA) is 82.4 Å². The Labute approximate surface area is 145 Å². The van der Waals surface area contributed by atoms with Gasteiger partial charge in [-0.15, -0.1) is 0 Å². The molecule has 1 aromatic heterocycles. The van der Waals surface area contributed by atoms with Gasteiger partial charge in [0.25, 0.3) is 5.91 Å². The number of nitrogens with one attached hydrogen (secondary N) is 1. The van der Waals surface area contributed by atoms with E-state index in [1.807, 2.05) is 4.68 Å². The van der Waals surface area contributed by atoms with Gasteiger partial charge in [-0.3, -0.25) is 4.79 Å². The van der Waals surface area contributed by atoms with Gasteiger partial charge in [0.05, 0.1) is 19.3 Å². The molecule has 1 aromatic carbocycles. The molecule has 3 rings (SSSR count). The Bertz CT molecular complexity index is 750. The van der Waals surface area contributed by atoms with Gasteiger partial charge in [-0.05, 0) is 25.0 Å². The predicted molar refractivity (Wildman–Crippen MR) is 91.6 cm³/mol. The molecule has 0 saturated heterocycles. The third kappa shape index (κ3) is 3.99. The van der Waals surface area contributed by atoms with Crippen LogP contribution in [0.3, 0.4) is 0 Å². The molecule has 1 amide bonds. The number of benzene rings is 1. The third-order valence-corrected chi connectivity index (χ3v) is 4.27. The van der Waals surface area contributed by atoms with Gasteiger partial charge in [-0.1, -0.05) is 25.0 Å². The Hall–Kier alpha value is -2.83. The molecule has 0 spiro atoms. The SMILES string of the molecule is COc1ccccc1C(=O)OCC(=O)Nc1ccnn1C1CCCC1. The molecule has 0 bridgehead atoms. The van der Waals surface area contributed by atoms with E-state index in [-0.39, 0.29) is 12.2 Å². The molecule has 2 aromatic rings. The second-order valence-corrected chi connectivity index (χ2v) is 5.92. The molecule has 0 radical (unpaired) electrons. The first kappa shape index (κ1) is 17.0. The summed E-state index contributed by atoms with van der Waals surface area (Å²) in [4.78, 5) is 24.2. The van der Waals surface area contributed by atoms with Crippen LogP contribution in [0.2, 0.25) is 0 Å². The van der Waals surface area contributed by atoms with Crippen molar-refractivity contribution in [2.45, 2.75) is 31.7 Å². The van der Waals surface area contributed by atoms with E-state index in [4.69, 9.17) is 9.47 Å². The van der Waals surface area contributed by atoms with E-state index < -0.39 is 11.9 Å². The van der Waals surface area contributed by atoms with E-state index in [1.54, 1.807) is 36.5 Å². The van der Waals surface area contributed by atoms with Gasteiger partial charge in [-0.2, -0.15) is 5.10 Å². The first-order valence-corrected chi connectivity index (χ1v) is 8.32. The quantitative estimate of drug-likeness (QED) is 0.816. The molecule has 1 saturated carbocycles. The Balaban J connectivity index is 1.57. The number of esters is 1. The third-order valence-electron chi connectivity index (χ3n) is 4.27. The van der Waals surface area contributed by atoms with Gasteiger partial charge in [-0.25, -0.2) is 9.48 Å². The van der Waals surface area contributed by atoms with Crippen LogP contribution in [-0.2, 0) is 9.53 Å². The van der Waals surface area contributed by atoms with Crippen molar-refractivity contribution in [2.75, 3.05) is 19.0 Å². The minimum Gasteiger partial charge on any atom is -0.496 e. The molecule has 1 N–H and O–H groups in total. The molecule has 1 aliphatic carbocycles. The Morgan fingerprint density at radius 2 is 2.00 bits per heavy atom. The maximum absolute atomic E-state index is 12.1. The van der Waals surface area contributed by atoms with Gasteiger partial charge in [0, 0.05) is 6.07 Å². The lowest BCUT2D eigenvalue weighted by Crippen LogP contribution is -2.23. The van der Waals surface area contributed by atoms with E-state index in [9.17, 15) is 9.59 Å². The number of hydrogen-bond acceptors (Lipinski definition) is 5. The Morgan fingerprint density at radius 3 is 2.76 bits per heavy atom. The number of methoxy groups -OCH3 is 1. The van der Waals surface area contributed by atoms with Crippen molar-refractivity contribution >= 4 is 17.7 Å². The van der Waals surface area contributed by atoms with E-state index >= 15 is 0 Å². The number of rotatable bonds is 6. The fourth-order valence-electron chi connectivity index (χ4n) is 3.05. The van der Waals surface area contributed by atoms with Gasteiger partial charge in [0.1, 0.15) is 17.1 Å². The molecule has 132 valence electrons. The van der Waals surface area contributed by atoms with Crippen LogP contribution in [0.25, 0.3) is 0 Å². The summed E-state index contributed by atoms with van der Waals surface area (Å²) in [7, 11) is 1.48. The van der Waals surface area contributed by atoms with Crippen molar-refractivity contribution in [3.05, 3.63) is 42.1 Å². The number of carbonyl (C=O) groups is 2. The minimum atomic E-state index is -0.600. The number of amides is 1. The highest BCUT2D eigenvalue weighted by Crippen LogP contribution is 2.31. The van der Waals surface area contributed by atoms with E-state index in [1.165, 1.54) is 20.0 Å². The second-order valence-electron chi connectivity index (χ2n) is 5.92. The highest BCUT2D eigenvalue weighted by atomic mass is 16.5. The summed E-state index contributed by atoms with van der Waals surface area (Å²) in [6.45, 7) is -0.368. The van der Waals surface area contributed by atoms with Gasteiger partial charge in [0.15, 0.2) is 6.61 Å². The number of para-hydroxylation sites is 1. The number of carbonyl (C=O) groups excluding carboxylic acids is 2. The summed E-state index contributed by atoms with van der Waals surface area (Å²) in [6, 6.07) is 8.79. The maximum Gasteiger partial charge on any atom is 0.342 e. The van der Waals surface area contributed by atoms with Crippen LogP contribution < -0.4 is 10.1 Å². The van der Waals surface area contributed by atoms with Crippen molar-refractivity contribution in [1.29, 1.82) is 0 Å². The molecular formula is C18H21N3O4. The van der Waals surface area contributed by atoms with Gasteiger partial charge < -0.3 is 14.8 Å². The Morgan fingerprint density at radius 1 is 1.24 bits per heavy atom. The number of hydrogen-bond donors (Lipinski definition) is 1. The summed E-state index contributed by atoms with van der Waals surface area (Å²) in [5.74, 6) is 0.0392. The fraction of sp³-hybridized carbons (Fsp3) is 0.389. The second kappa shape index (κ2) is 7.83. The van der Waals surface area contributed by atoms with Gasteiger partial charge >= 0.3 is 5.97 Å². The zero-order chi connectivity index (χ0) is 17.6. The van der Waals surface area contributed by atoms with Crippen LogP contribution in [0, 0.1) is 0 Å². The highest BCUT2D eigenvalue weighted by molar-refractivity contribution is 5.96. The molecule has 25 heavy (non-hydrogen) atoms. The lowest BCUT2D eigenvalue weighted by atomic mass is 10.2. The smallest absolute Gasteiger partial charge is 0.342 e. The van der Waals surface area contributed by atoms with Crippen molar-refractivity contribution < 1.29 is 19.1 Å². The fourth-order valence-corrected chi connectivity index (χ4v) is 3.05. The molecule has 0 unspecified atom stereocenters. The van der Waals surface area contributed by atoms with E-state index in [0.29, 0.717) is 17.6 Å². The zero-order valence-corrected chi connectivity index (χ0v) is 14.1. The van der Waals surface area contributed by atoms with Crippen LogP contribution in [-0.4, -0.2) is 35.4 Å². The normalized spacial score (nSPS) is 14.3. The number of ether oxygens (including phenoxy) is 2. The van der Waals surface area contributed by atoms with Gasteiger partial charge in [0.2, 0.25) is 0 Å². The van der Waals surface area contributed by atoms with Crippen LogP contribution in [0.4, 0.5) is 5.82 Å². The number of aromatic nitrogens is 2. The largest absolute Gasteiger partial charge is 0.496 e. The molecular weight excluding hydrogens is 322 g/mol. The standard InChI is InChI=1S/C18H21N3O4/c1-24-15-9-5-4-8-14(15)18(23)25-12-17(22)20-16-10-11-19-21(16)13-6-2-3-7-13/h4-5,8-11,13H,2-3,6-7,12H2,1H3,(H,20,22). The summed E-state index contributed by atoms with van der Waals surface area (Å²) in [6.07, 6.45) is 6.14. The maximum atomic E-state index is 12.1. The number of nitrogens with zero attached hydrogens (tertiary/aromatic N) is 2. The average Bonchev–Trinajstić information content (AvgIpc) is 3.31. The highest BCUT2D eigenvalue weighted by Gasteiger charge is 2.21. The number of anilines is 1. The monoisotopic (exact) mass is 343 g/mol. The van der Waals surface area contributed by atoms with Crippen LogP contribution in [0.15, 0.2) is 36.5 Å². The summed E-state index contributed by atoms with van der Waals surface area (Å²) < 4.78 is 12.0. The van der Waals surface area contributed by atoms with Crippen molar-refractivity contribution in [3.8, 4) is 5.75 Å². The summed E-state index contributed by atoms with van der Waals surface area (Å²) in [5.41, 5.74) is 0.286. The first-order chi connectivity index (χ1) is 12.2. The molecule has 0 atom stereocenters. The summed E-state index contributed by atoms with van der Waals surface area (Å²) in [5, 5.41) is 7.05. The molecule has 1 fully saturated rings. The Kier molecular flexibility index (Phi) is 5.33. The average molecular weight is 343 g/mol. The van der Waals surface area contributed by atoms with Crippen molar-refractivity contribution in [3.63, 3.8) is 0 Å². The lowest BCUT2D eigenvalue weighted by molar-refractivity contribution is -0.119. The lowest BCUT2D eigenvalue weighted by Gasteiger charge is -2.14. The van der Waals surface area contributed by atoms with Crippen LogP contribution in [0.5, 0.6) is 5.75 Å². The van der Waals surface area contributed by atoms with Crippen molar-refractivity contribution in [1.82, 2.24) is 9.78 Å². The van der Waals surface area contributed by atoms with E-state index in [2.05, 4.69) is 10.4 Å². The first-order valence-electron chi connectivity index (χ1n) is 8.32. The van der Waals surface area contributed by atoms with Crippen LogP contribution in [0.1, 0.15) is 42.1 Å². The molecule has 0 aliphatic heterocycles. The molecule has 1 heterocycles. The molecule has 7 nitrogen and oxygen atoms in total. The summed E-state index contributed by atoms with van der Waals surface area (Å²) >= 11 is 0. The minimum absolute atomic E-state index is 0.286. The predicted octanol–water partition coefficient (Wildman–Crippen LogP) is 2.80. The van der Waals surface area contributed by atoms with E-state index in [0.717, 1.165) is 12.8 Å². The van der Waals surface area contributed by atoms with Crippen molar-refractivity contribution in [2.24, 2.45) is 0 Å². The molecule has 7 heteroatoms. The van der Waals surface area contributed by atoms with Crippen LogP contribution >= 0.6 is 0 Å². The molecule has 1 aliphatic rings.